The Morgan fingerprint density at radius 3 is 2.62 bits per heavy atom. The van der Waals surface area contributed by atoms with E-state index in [0.29, 0.717) is 5.75 Å². The number of aryl methyl sites for hydroxylation is 1. The van der Waals surface area contributed by atoms with Crippen molar-refractivity contribution in [2.24, 2.45) is 0 Å². The number of benzene rings is 1. The van der Waals surface area contributed by atoms with E-state index < -0.39 is 10.7 Å². The Labute approximate surface area is 125 Å². The molecular formula is C14H19NO5S. The van der Waals surface area contributed by atoms with Crippen LogP contribution >= 0.6 is 0 Å². The fourth-order valence-corrected chi connectivity index (χ4v) is 2.55. The van der Waals surface area contributed by atoms with Gasteiger partial charge in [-0.25, -0.2) is 13.2 Å². The smallest absolute Gasteiger partial charge is 0.409 e. The van der Waals surface area contributed by atoms with Crippen molar-refractivity contribution >= 4 is 16.8 Å². The van der Waals surface area contributed by atoms with Crippen LogP contribution in [0.3, 0.4) is 0 Å². The van der Waals surface area contributed by atoms with Crippen molar-refractivity contribution < 1.29 is 22.7 Å². The first-order valence-corrected chi connectivity index (χ1v) is 8.05. The monoisotopic (exact) mass is 313 g/mol. The number of hydrogen-bond donors (Lipinski definition) is 1. The second-order valence-electron chi connectivity index (χ2n) is 4.86. The topological polar surface area (TPSA) is 72.9 Å². The Bertz CT molecular complexity index is 571. The van der Waals surface area contributed by atoms with Crippen molar-refractivity contribution in [3.05, 3.63) is 23.8 Å². The number of nitrogens with zero attached hydrogens (tertiary/aromatic N) is 1. The molecule has 0 unspecified atom stereocenters. The van der Waals surface area contributed by atoms with Crippen LogP contribution in [0.4, 0.5) is 4.79 Å². The molecule has 1 aliphatic heterocycles. The van der Waals surface area contributed by atoms with Gasteiger partial charge in [0.1, 0.15) is 19.0 Å². The van der Waals surface area contributed by atoms with Crippen LogP contribution in [0.5, 0.6) is 5.75 Å². The van der Waals surface area contributed by atoms with Crippen LogP contribution in [-0.4, -0.2) is 45.7 Å². The minimum atomic E-state index is -2.63. The van der Waals surface area contributed by atoms with Gasteiger partial charge in [0.05, 0.1) is 4.90 Å². The number of ether oxygens (including phenoxy) is 2. The van der Waals surface area contributed by atoms with Gasteiger partial charge in [-0.05, 0) is 37.5 Å². The van der Waals surface area contributed by atoms with Gasteiger partial charge < -0.3 is 14.4 Å². The summed E-state index contributed by atoms with van der Waals surface area (Å²) in [4.78, 5) is 13.5. The van der Waals surface area contributed by atoms with Crippen LogP contribution in [0.15, 0.2) is 23.1 Å². The van der Waals surface area contributed by atoms with E-state index in [9.17, 15) is 13.2 Å². The molecule has 0 saturated carbocycles. The lowest BCUT2D eigenvalue weighted by Gasteiger charge is -2.15. The quantitative estimate of drug-likeness (QED) is 0.660. The van der Waals surface area contributed by atoms with E-state index in [0.717, 1.165) is 31.5 Å². The van der Waals surface area contributed by atoms with Gasteiger partial charge in [-0.1, -0.05) is 6.07 Å². The summed E-state index contributed by atoms with van der Waals surface area (Å²) in [5.74, 6) is 0.490. The van der Waals surface area contributed by atoms with Crippen LogP contribution < -0.4 is 4.74 Å². The van der Waals surface area contributed by atoms with Crippen LogP contribution in [0.2, 0.25) is 0 Å². The van der Waals surface area contributed by atoms with Gasteiger partial charge in [0.15, 0.2) is 10.7 Å². The first-order valence-electron chi connectivity index (χ1n) is 6.87. The van der Waals surface area contributed by atoms with E-state index in [1.54, 1.807) is 11.0 Å². The van der Waals surface area contributed by atoms with Gasteiger partial charge >= 0.3 is 6.09 Å². The van der Waals surface area contributed by atoms with Crippen molar-refractivity contribution in [2.45, 2.75) is 24.7 Å². The van der Waals surface area contributed by atoms with E-state index in [2.05, 4.69) is 0 Å². The molecule has 0 atom stereocenters. The first-order chi connectivity index (χ1) is 10.1. The van der Waals surface area contributed by atoms with Gasteiger partial charge in [0.25, 0.3) is 0 Å². The summed E-state index contributed by atoms with van der Waals surface area (Å²) in [5.41, 5.74) is 0.835. The summed E-state index contributed by atoms with van der Waals surface area (Å²) in [5, 5.41) is 0. The molecule has 0 aliphatic carbocycles. The number of carbonyl (C=O) groups is 1. The summed E-state index contributed by atoms with van der Waals surface area (Å²) in [6.45, 7) is 3.66. The zero-order valence-electron chi connectivity index (χ0n) is 11.9. The third-order valence-corrected chi connectivity index (χ3v) is 4.01. The zero-order valence-corrected chi connectivity index (χ0v) is 12.8. The molecule has 21 heavy (non-hydrogen) atoms. The first kappa shape index (κ1) is 15.6. The molecule has 0 spiro atoms. The maximum Gasteiger partial charge on any atom is 0.409 e. The average Bonchev–Trinajstić information content (AvgIpc) is 2.99. The third-order valence-electron chi connectivity index (χ3n) is 3.31. The van der Waals surface area contributed by atoms with Crippen molar-refractivity contribution in [3.8, 4) is 5.75 Å². The third kappa shape index (κ3) is 4.35. The number of amides is 1. The van der Waals surface area contributed by atoms with Gasteiger partial charge in [-0.15, -0.1) is 0 Å². The SMILES string of the molecule is Cc1ccc([SH](=O)=O)cc1OCCOC(=O)N1CCCC1. The highest BCUT2D eigenvalue weighted by Gasteiger charge is 2.18. The molecule has 0 N–H and O–H groups in total. The van der Waals surface area contributed by atoms with Crippen molar-refractivity contribution in [3.63, 3.8) is 0 Å². The predicted molar refractivity (Wildman–Crippen MR) is 77.4 cm³/mol. The molecule has 0 radical (unpaired) electrons. The van der Waals surface area contributed by atoms with Crippen LogP contribution in [-0.2, 0) is 15.4 Å². The minimum Gasteiger partial charge on any atom is -0.490 e. The molecule has 1 amide bonds. The second-order valence-corrected chi connectivity index (χ2v) is 5.89. The maximum atomic E-state index is 11.6. The molecular weight excluding hydrogens is 294 g/mol. The molecule has 7 heteroatoms. The fraction of sp³-hybridized carbons (Fsp3) is 0.500. The van der Waals surface area contributed by atoms with E-state index in [4.69, 9.17) is 9.47 Å². The highest BCUT2D eigenvalue weighted by molar-refractivity contribution is 7.72. The summed E-state index contributed by atoms with van der Waals surface area (Å²) in [6, 6.07) is 4.69. The van der Waals surface area contributed by atoms with Gasteiger partial charge in [0, 0.05) is 13.1 Å². The summed E-state index contributed by atoms with van der Waals surface area (Å²) < 4.78 is 32.5. The van der Waals surface area contributed by atoms with E-state index >= 15 is 0 Å². The average molecular weight is 313 g/mol. The van der Waals surface area contributed by atoms with Gasteiger partial charge in [-0.3, -0.25) is 0 Å². The largest absolute Gasteiger partial charge is 0.490 e. The summed E-state index contributed by atoms with van der Waals surface area (Å²) in [7, 11) is -2.63. The number of thiol groups is 1. The standard InChI is InChI=1S/C14H19NO5S/c1-11-4-5-12(21(17)18)10-13(11)19-8-9-20-14(16)15-6-2-3-7-15/h4-5,10,21H,2-3,6-9H2,1H3. The molecule has 116 valence electrons. The number of carbonyl (C=O) groups excluding carboxylic acids is 1. The van der Waals surface area contributed by atoms with Crippen LogP contribution in [0, 0.1) is 6.92 Å². The highest BCUT2D eigenvalue weighted by Crippen LogP contribution is 2.20. The van der Waals surface area contributed by atoms with Gasteiger partial charge in [-0.2, -0.15) is 0 Å². The second kappa shape index (κ2) is 7.31. The Hall–Kier alpha value is -1.76. The molecule has 0 bridgehead atoms. The lowest BCUT2D eigenvalue weighted by molar-refractivity contribution is 0.0949. The fourth-order valence-electron chi connectivity index (χ4n) is 2.13. The molecule has 1 fully saturated rings. The van der Waals surface area contributed by atoms with Crippen molar-refractivity contribution in [1.29, 1.82) is 0 Å². The zero-order chi connectivity index (χ0) is 15.2. The maximum absolute atomic E-state index is 11.6. The molecule has 6 nitrogen and oxygen atoms in total. The Balaban J connectivity index is 1.80. The van der Waals surface area contributed by atoms with Crippen LogP contribution in [0.25, 0.3) is 0 Å². The van der Waals surface area contributed by atoms with E-state index in [1.165, 1.54) is 12.1 Å². The van der Waals surface area contributed by atoms with E-state index in [1.807, 2.05) is 6.92 Å². The van der Waals surface area contributed by atoms with Gasteiger partial charge in [0.2, 0.25) is 0 Å². The Morgan fingerprint density at radius 1 is 1.24 bits per heavy atom. The number of rotatable bonds is 5. The normalized spacial score (nSPS) is 14.5. The lowest BCUT2D eigenvalue weighted by atomic mass is 10.2. The molecule has 0 aromatic heterocycles. The van der Waals surface area contributed by atoms with Crippen molar-refractivity contribution in [2.75, 3.05) is 26.3 Å². The Morgan fingerprint density at radius 2 is 1.95 bits per heavy atom. The molecule has 1 heterocycles. The lowest BCUT2D eigenvalue weighted by Crippen LogP contribution is -2.29. The molecule has 1 saturated heterocycles. The molecule has 1 aromatic rings. The summed E-state index contributed by atoms with van der Waals surface area (Å²) in [6.07, 6.45) is 1.72. The number of hydrogen-bond acceptors (Lipinski definition) is 5. The Kier molecular flexibility index (Phi) is 5.44. The van der Waals surface area contributed by atoms with Crippen molar-refractivity contribution in [1.82, 2.24) is 4.90 Å². The molecule has 1 aromatic carbocycles. The van der Waals surface area contributed by atoms with E-state index in [-0.39, 0.29) is 24.2 Å². The minimum absolute atomic E-state index is 0.141. The molecule has 1 aliphatic rings. The summed E-state index contributed by atoms with van der Waals surface area (Å²) >= 11 is 0. The predicted octanol–water partition coefficient (Wildman–Crippen LogP) is 1.58. The number of likely N-dealkylation sites (tertiary alicyclic amines) is 1. The van der Waals surface area contributed by atoms with Crippen LogP contribution in [0.1, 0.15) is 18.4 Å². The molecule has 2 rings (SSSR count). The highest BCUT2D eigenvalue weighted by atomic mass is 32.2.